The summed E-state index contributed by atoms with van der Waals surface area (Å²) in [5, 5.41) is 4.25. The molecular weight excluding hydrogens is 375 g/mol. The summed E-state index contributed by atoms with van der Waals surface area (Å²) in [6.45, 7) is 2.63. The average Bonchev–Trinajstić information content (AvgIpc) is 3.33. The third-order valence-corrected chi connectivity index (χ3v) is 5.06. The summed E-state index contributed by atoms with van der Waals surface area (Å²) in [7, 11) is 1.60. The largest absolute Gasteiger partial charge is 0.379 e. The number of amides is 1. The van der Waals surface area contributed by atoms with Crippen molar-refractivity contribution in [3.8, 4) is 0 Å². The number of hydrogen-bond acceptors (Lipinski definition) is 5. The van der Waals surface area contributed by atoms with Crippen molar-refractivity contribution >= 4 is 23.2 Å². The van der Waals surface area contributed by atoms with Crippen molar-refractivity contribution in [2.24, 2.45) is 5.92 Å². The SMILES string of the molecule is CO[C@H]1CN(C(=O)c2nc3ccc(Cl)cn3c2F)C[C@H]1Cc1cc(C)no1. The Labute approximate surface area is 159 Å². The zero-order valence-electron chi connectivity index (χ0n) is 14.9. The molecular formula is C18H18ClFN4O3. The number of ether oxygens (including phenoxy) is 1. The van der Waals surface area contributed by atoms with Gasteiger partial charge in [0.1, 0.15) is 11.4 Å². The van der Waals surface area contributed by atoms with Crippen molar-refractivity contribution in [1.82, 2.24) is 19.4 Å². The second-order valence-corrected chi connectivity index (χ2v) is 7.15. The van der Waals surface area contributed by atoms with Gasteiger partial charge >= 0.3 is 0 Å². The molecule has 1 aliphatic rings. The molecule has 27 heavy (non-hydrogen) atoms. The summed E-state index contributed by atoms with van der Waals surface area (Å²) < 4.78 is 26.7. The maximum Gasteiger partial charge on any atom is 0.277 e. The van der Waals surface area contributed by atoms with Gasteiger partial charge in [-0.3, -0.25) is 9.20 Å². The van der Waals surface area contributed by atoms with E-state index in [9.17, 15) is 9.18 Å². The van der Waals surface area contributed by atoms with E-state index < -0.39 is 11.9 Å². The van der Waals surface area contributed by atoms with E-state index in [0.29, 0.717) is 30.2 Å². The summed E-state index contributed by atoms with van der Waals surface area (Å²) in [6.07, 6.45) is 1.81. The van der Waals surface area contributed by atoms with Crippen LogP contribution >= 0.6 is 11.6 Å². The van der Waals surface area contributed by atoms with E-state index in [1.807, 2.05) is 13.0 Å². The van der Waals surface area contributed by atoms with Crippen molar-refractivity contribution in [2.75, 3.05) is 20.2 Å². The molecule has 1 fully saturated rings. The number of methoxy groups -OCH3 is 1. The van der Waals surface area contributed by atoms with Gasteiger partial charge in [-0.25, -0.2) is 4.98 Å². The van der Waals surface area contributed by atoms with Crippen LogP contribution in [0, 0.1) is 18.8 Å². The van der Waals surface area contributed by atoms with Gasteiger partial charge in [0.15, 0.2) is 5.69 Å². The maximum absolute atomic E-state index is 14.7. The Morgan fingerprint density at radius 2 is 2.26 bits per heavy atom. The number of carbonyl (C=O) groups is 1. The molecule has 142 valence electrons. The Morgan fingerprint density at radius 3 is 2.96 bits per heavy atom. The highest BCUT2D eigenvalue weighted by atomic mass is 35.5. The van der Waals surface area contributed by atoms with Crippen LogP contribution in [-0.2, 0) is 11.2 Å². The number of pyridine rings is 1. The summed E-state index contributed by atoms with van der Waals surface area (Å²) in [5.41, 5.74) is 0.912. The van der Waals surface area contributed by atoms with Gasteiger partial charge in [-0.2, -0.15) is 4.39 Å². The molecule has 1 aliphatic heterocycles. The van der Waals surface area contributed by atoms with Gasteiger partial charge < -0.3 is 14.2 Å². The lowest BCUT2D eigenvalue weighted by molar-refractivity contribution is 0.0666. The van der Waals surface area contributed by atoms with E-state index in [1.165, 1.54) is 10.6 Å². The first kappa shape index (κ1) is 17.9. The van der Waals surface area contributed by atoms with Crippen LogP contribution in [0.3, 0.4) is 0 Å². The first-order valence-corrected chi connectivity index (χ1v) is 8.91. The molecule has 0 aliphatic carbocycles. The van der Waals surface area contributed by atoms with Crippen molar-refractivity contribution in [2.45, 2.75) is 19.4 Å². The smallest absolute Gasteiger partial charge is 0.277 e. The predicted octanol–water partition coefficient (Wildman–Crippen LogP) is 2.75. The highest BCUT2D eigenvalue weighted by Gasteiger charge is 2.38. The van der Waals surface area contributed by atoms with Crippen molar-refractivity contribution < 1.29 is 18.4 Å². The van der Waals surface area contributed by atoms with Gasteiger partial charge in [-0.1, -0.05) is 16.8 Å². The van der Waals surface area contributed by atoms with Gasteiger partial charge in [-0.05, 0) is 19.1 Å². The molecule has 0 radical (unpaired) electrons. The maximum atomic E-state index is 14.7. The molecule has 0 N–H and O–H groups in total. The van der Waals surface area contributed by atoms with Crippen molar-refractivity contribution in [3.05, 3.63) is 52.5 Å². The molecule has 0 bridgehead atoms. The van der Waals surface area contributed by atoms with E-state index in [1.54, 1.807) is 24.1 Å². The Kier molecular flexibility index (Phi) is 4.61. The van der Waals surface area contributed by atoms with Crippen LogP contribution in [0.4, 0.5) is 4.39 Å². The van der Waals surface area contributed by atoms with Gasteiger partial charge in [-0.15, -0.1) is 0 Å². The topological polar surface area (TPSA) is 72.9 Å². The zero-order valence-corrected chi connectivity index (χ0v) is 15.6. The minimum atomic E-state index is -0.722. The molecule has 0 saturated carbocycles. The Morgan fingerprint density at radius 1 is 1.44 bits per heavy atom. The molecule has 1 saturated heterocycles. The molecule has 3 aromatic rings. The van der Waals surface area contributed by atoms with E-state index in [-0.39, 0.29) is 17.7 Å². The van der Waals surface area contributed by atoms with Crippen LogP contribution in [0.5, 0.6) is 0 Å². The second-order valence-electron chi connectivity index (χ2n) is 6.71. The van der Waals surface area contributed by atoms with Crippen LogP contribution in [0.15, 0.2) is 28.9 Å². The monoisotopic (exact) mass is 392 g/mol. The third kappa shape index (κ3) is 3.30. The minimum Gasteiger partial charge on any atom is -0.379 e. The molecule has 7 nitrogen and oxygen atoms in total. The van der Waals surface area contributed by atoms with Gasteiger partial charge in [0.25, 0.3) is 5.91 Å². The Hall–Kier alpha value is -2.45. The lowest BCUT2D eigenvalue weighted by Gasteiger charge is -2.14. The molecule has 4 heterocycles. The molecule has 4 rings (SSSR count). The Balaban J connectivity index is 1.56. The zero-order chi connectivity index (χ0) is 19.1. The fraction of sp³-hybridized carbons (Fsp3) is 0.389. The molecule has 2 atom stereocenters. The number of hydrogen-bond donors (Lipinski definition) is 0. The second kappa shape index (κ2) is 6.94. The highest BCUT2D eigenvalue weighted by Crippen LogP contribution is 2.26. The fourth-order valence-corrected chi connectivity index (χ4v) is 3.68. The number of imidazole rings is 1. The van der Waals surface area contributed by atoms with E-state index in [4.69, 9.17) is 20.9 Å². The molecule has 0 aromatic carbocycles. The Bertz CT molecular complexity index is 1000. The summed E-state index contributed by atoms with van der Waals surface area (Å²) in [6, 6.07) is 5.03. The number of rotatable bonds is 4. The first-order chi connectivity index (χ1) is 13.0. The fourth-order valence-electron chi connectivity index (χ4n) is 3.52. The van der Waals surface area contributed by atoms with Gasteiger partial charge in [0.2, 0.25) is 5.95 Å². The number of aryl methyl sites for hydroxylation is 1. The minimum absolute atomic E-state index is 0.0286. The normalized spacial score (nSPS) is 19.9. The van der Waals surface area contributed by atoms with E-state index >= 15 is 0 Å². The first-order valence-electron chi connectivity index (χ1n) is 8.53. The van der Waals surface area contributed by atoms with Crippen LogP contribution in [0.1, 0.15) is 21.9 Å². The number of halogens is 2. The van der Waals surface area contributed by atoms with Crippen LogP contribution in [-0.4, -0.2) is 51.7 Å². The summed E-state index contributed by atoms with van der Waals surface area (Å²) in [4.78, 5) is 18.6. The number of fused-ring (bicyclic) bond motifs is 1. The lowest BCUT2D eigenvalue weighted by Crippen LogP contribution is -2.30. The molecule has 0 spiro atoms. The molecule has 0 unspecified atom stereocenters. The average molecular weight is 393 g/mol. The third-order valence-electron chi connectivity index (χ3n) is 4.84. The number of aromatic nitrogens is 3. The van der Waals surface area contributed by atoms with Crippen LogP contribution < -0.4 is 0 Å². The lowest BCUT2D eigenvalue weighted by atomic mass is 10.0. The van der Waals surface area contributed by atoms with Crippen molar-refractivity contribution in [1.29, 1.82) is 0 Å². The van der Waals surface area contributed by atoms with Crippen LogP contribution in [0.2, 0.25) is 5.02 Å². The van der Waals surface area contributed by atoms with E-state index in [0.717, 1.165) is 11.5 Å². The molecule has 3 aromatic heterocycles. The predicted molar refractivity (Wildman–Crippen MR) is 95.3 cm³/mol. The summed E-state index contributed by atoms with van der Waals surface area (Å²) >= 11 is 5.90. The molecule has 9 heteroatoms. The van der Waals surface area contributed by atoms with Crippen LogP contribution in [0.25, 0.3) is 5.65 Å². The quantitative estimate of drug-likeness (QED) is 0.682. The van der Waals surface area contributed by atoms with Gasteiger partial charge in [0.05, 0.1) is 16.8 Å². The number of nitrogens with zero attached hydrogens (tertiary/aromatic N) is 4. The number of carbonyl (C=O) groups excluding carboxylic acids is 1. The van der Waals surface area contributed by atoms with E-state index in [2.05, 4.69) is 10.1 Å². The van der Waals surface area contributed by atoms with Crippen molar-refractivity contribution in [3.63, 3.8) is 0 Å². The standard InChI is InChI=1S/C18H18ClFN4O3/c1-10-5-13(27-22-10)6-11-7-23(9-14(11)26-2)18(25)16-17(20)24-8-12(19)3-4-15(24)21-16/h3-5,8,11,14H,6-7,9H2,1-2H3/t11-,14+/m1/s1. The highest BCUT2D eigenvalue weighted by molar-refractivity contribution is 6.30. The van der Waals surface area contributed by atoms with Gasteiger partial charge in [0, 0.05) is 44.8 Å². The number of likely N-dealkylation sites (tertiary alicyclic amines) is 1. The molecule has 1 amide bonds. The summed E-state index contributed by atoms with van der Waals surface area (Å²) in [5.74, 6) is -0.422.